The van der Waals surface area contributed by atoms with Gasteiger partial charge in [-0.1, -0.05) is 43.7 Å². The Morgan fingerprint density at radius 3 is 2.42 bits per heavy atom. The summed E-state index contributed by atoms with van der Waals surface area (Å²) in [6.07, 6.45) is 3.43. The minimum atomic E-state index is -0.0196. The van der Waals surface area contributed by atoms with E-state index in [1.807, 2.05) is 11.9 Å². The van der Waals surface area contributed by atoms with Crippen molar-refractivity contribution < 1.29 is 4.79 Å². The van der Waals surface area contributed by atoms with E-state index in [2.05, 4.69) is 50.4 Å². The van der Waals surface area contributed by atoms with Crippen LogP contribution in [-0.2, 0) is 10.2 Å². The Kier molecular flexibility index (Phi) is 5.66. The lowest BCUT2D eigenvalue weighted by Crippen LogP contribution is -2.40. The van der Waals surface area contributed by atoms with Gasteiger partial charge in [0.25, 0.3) is 0 Å². The SMILES string of the molecule is Cc1ccc(C(C)(C)CN(C)C(=O)C2CC23CCNCC3)cc1.Cl. The number of carbonyl (C=O) groups is 1. The molecule has 24 heavy (non-hydrogen) atoms. The van der Waals surface area contributed by atoms with E-state index in [0.29, 0.717) is 11.3 Å². The standard InChI is InChI=1S/C20H30N2O.ClH/c1-15-5-7-16(8-6-15)19(2,3)14-22(4)18(23)17-13-20(17)9-11-21-12-10-20;/h5-8,17,21H,9-14H2,1-4H3;1H. The number of carbonyl (C=O) groups excluding carboxylic acids is 1. The Bertz CT molecular complexity index is 576. The van der Waals surface area contributed by atoms with Gasteiger partial charge in [-0.15, -0.1) is 12.4 Å². The second kappa shape index (κ2) is 7.05. The van der Waals surface area contributed by atoms with Crippen LogP contribution in [0.15, 0.2) is 24.3 Å². The largest absolute Gasteiger partial charge is 0.345 e. The molecule has 1 aromatic carbocycles. The summed E-state index contributed by atoms with van der Waals surface area (Å²) in [5, 5.41) is 3.41. The molecule has 1 amide bonds. The summed E-state index contributed by atoms with van der Waals surface area (Å²) in [5.41, 5.74) is 2.88. The van der Waals surface area contributed by atoms with Gasteiger partial charge >= 0.3 is 0 Å². The molecule has 0 radical (unpaired) electrons. The molecule has 1 atom stereocenters. The van der Waals surface area contributed by atoms with Crippen LogP contribution >= 0.6 is 12.4 Å². The van der Waals surface area contributed by atoms with Crippen molar-refractivity contribution in [3.63, 3.8) is 0 Å². The first-order valence-corrected chi connectivity index (χ1v) is 8.87. The number of aryl methyl sites for hydroxylation is 1. The number of piperidine rings is 1. The predicted molar refractivity (Wildman–Crippen MR) is 102 cm³/mol. The number of nitrogens with zero attached hydrogens (tertiary/aromatic N) is 1. The number of halogens is 1. The van der Waals surface area contributed by atoms with Crippen molar-refractivity contribution >= 4 is 18.3 Å². The summed E-state index contributed by atoms with van der Waals surface area (Å²) >= 11 is 0. The van der Waals surface area contributed by atoms with E-state index >= 15 is 0 Å². The summed E-state index contributed by atoms with van der Waals surface area (Å²) in [5.74, 6) is 0.621. The first kappa shape index (κ1) is 19.3. The van der Waals surface area contributed by atoms with E-state index in [0.717, 1.165) is 26.1 Å². The number of nitrogens with one attached hydrogen (secondary N) is 1. The fourth-order valence-electron chi connectivity index (χ4n) is 4.21. The molecular weight excluding hydrogens is 320 g/mol. The molecule has 2 fully saturated rings. The van der Waals surface area contributed by atoms with Gasteiger partial charge in [0.15, 0.2) is 0 Å². The Balaban J connectivity index is 0.00000208. The van der Waals surface area contributed by atoms with E-state index in [-0.39, 0.29) is 23.7 Å². The molecule has 4 heteroatoms. The molecule has 1 spiro atoms. The number of benzene rings is 1. The lowest BCUT2D eigenvalue weighted by molar-refractivity contribution is -0.133. The third kappa shape index (κ3) is 3.78. The molecule has 3 rings (SSSR count). The van der Waals surface area contributed by atoms with Crippen LogP contribution in [0.3, 0.4) is 0 Å². The fraction of sp³-hybridized carbons (Fsp3) is 0.650. The zero-order valence-electron chi connectivity index (χ0n) is 15.4. The molecule has 1 saturated carbocycles. The zero-order chi connectivity index (χ0) is 16.7. The minimum Gasteiger partial charge on any atom is -0.345 e. The Labute approximate surface area is 152 Å². The van der Waals surface area contributed by atoms with Crippen LogP contribution in [0.5, 0.6) is 0 Å². The second-order valence-corrected chi connectivity index (χ2v) is 8.31. The molecule has 1 aromatic rings. The van der Waals surface area contributed by atoms with Crippen molar-refractivity contribution in [2.24, 2.45) is 11.3 Å². The molecule has 3 nitrogen and oxygen atoms in total. The molecule has 1 aliphatic heterocycles. The van der Waals surface area contributed by atoms with Crippen LogP contribution in [0.2, 0.25) is 0 Å². The van der Waals surface area contributed by atoms with Gasteiger partial charge in [-0.05, 0) is 50.3 Å². The molecule has 2 aliphatic rings. The lowest BCUT2D eigenvalue weighted by atomic mass is 9.83. The highest BCUT2D eigenvalue weighted by Crippen LogP contribution is 2.59. The topological polar surface area (TPSA) is 32.3 Å². The number of hydrogen-bond acceptors (Lipinski definition) is 2. The number of hydrogen-bond donors (Lipinski definition) is 1. The van der Waals surface area contributed by atoms with Crippen LogP contribution in [-0.4, -0.2) is 37.5 Å². The van der Waals surface area contributed by atoms with Crippen molar-refractivity contribution in [3.05, 3.63) is 35.4 Å². The number of likely N-dealkylation sites (N-methyl/N-ethyl adjacent to an activating group) is 1. The van der Waals surface area contributed by atoms with Gasteiger partial charge in [0.2, 0.25) is 5.91 Å². The third-order valence-corrected chi connectivity index (χ3v) is 5.93. The van der Waals surface area contributed by atoms with Crippen LogP contribution < -0.4 is 5.32 Å². The molecule has 1 unspecified atom stereocenters. The lowest BCUT2D eigenvalue weighted by Gasteiger charge is -2.32. The van der Waals surface area contributed by atoms with Gasteiger partial charge in [0, 0.05) is 24.9 Å². The summed E-state index contributed by atoms with van der Waals surface area (Å²) in [4.78, 5) is 14.8. The highest BCUT2D eigenvalue weighted by molar-refractivity contribution is 5.85. The Hall–Kier alpha value is -1.06. The van der Waals surface area contributed by atoms with Crippen molar-refractivity contribution in [1.82, 2.24) is 10.2 Å². The van der Waals surface area contributed by atoms with Gasteiger partial charge in [-0.25, -0.2) is 0 Å². The molecule has 1 heterocycles. The van der Waals surface area contributed by atoms with Gasteiger partial charge in [0.1, 0.15) is 0 Å². The zero-order valence-corrected chi connectivity index (χ0v) is 16.2. The molecule has 134 valence electrons. The molecular formula is C20H31ClN2O. The second-order valence-electron chi connectivity index (χ2n) is 8.31. The molecule has 0 bridgehead atoms. The molecule has 0 aromatic heterocycles. The van der Waals surface area contributed by atoms with Crippen LogP contribution in [0.1, 0.15) is 44.2 Å². The maximum Gasteiger partial charge on any atom is 0.226 e. The highest BCUT2D eigenvalue weighted by Gasteiger charge is 2.58. The van der Waals surface area contributed by atoms with Crippen molar-refractivity contribution in [1.29, 1.82) is 0 Å². The van der Waals surface area contributed by atoms with Crippen LogP contribution in [0, 0.1) is 18.3 Å². The van der Waals surface area contributed by atoms with Gasteiger partial charge in [-0.3, -0.25) is 4.79 Å². The van der Waals surface area contributed by atoms with Crippen LogP contribution in [0.4, 0.5) is 0 Å². The normalized spacial score (nSPS) is 21.9. The predicted octanol–water partition coefficient (Wildman–Crippen LogP) is 3.54. The summed E-state index contributed by atoms with van der Waals surface area (Å²) in [6, 6.07) is 8.70. The number of rotatable bonds is 4. The average molecular weight is 351 g/mol. The first-order valence-electron chi connectivity index (χ1n) is 8.87. The molecule has 1 saturated heterocycles. The smallest absolute Gasteiger partial charge is 0.226 e. The first-order chi connectivity index (χ1) is 10.8. The van der Waals surface area contributed by atoms with Gasteiger partial charge < -0.3 is 10.2 Å². The minimum absolute atomic E-state index is 0. The van der Waals surface area contributed by atoms with Crippen LogP contribution in [0.25, 0.3) is 0 Å². The van der Waals surface area contributed by atoms with E-state index in [4.69, 9.17) is 0 Å². The molecule has 1 N–H and O–H groups in total. The monoisotopic (exact) mass is 350 g/mol. The highest BCUT2D eigenvalue weighted by atomic mass is 35.5. The fourth-order valence-corrected chi connectivity index (χ4v) is 4.21. The Morgan fingerprint density at radius 2 is 1.83 bits per heavy atom. The molecule has 1 aliphatic carbocycles. The van der Waals surface area contributed by atoms with E-state index < -0.39 is 0 Å². The van der Waals surface area contributed by atoms with Crippen molar-refractivity contribution in [2.45, 2.75) is 45.4 Å². The van der Waals surface area contributed by atoms with E-state index in [9.17, 15) is 4.79 Å². The average Bonchev–Trinajstić information content (AvgIpc) is 3.20. The maximum atomic E-state index is 12.8. The van der Waals surface area contributed by atoms with Crippen molar-refractivity contribution in [3.8, 4) is 0 Å². The van der Waals surface area contributed by atoms with Crippen molar-refractivity contribution in [2.75, 3.05) is 26.7 Å². The summed E-state index contributed by atoms with van der Waals surface area (Å²) < 4.78 is 0. The summed E-state index contributed by atoms with van der Waals surface area (Å²) in [7, 11) is 1.98. The van der Waals surface area contributed by atoms with Gasteiger partial charge in [-0.2, -0.15) is 0 Å². The van der Waals surface area contributed by atoms with Gasteiger partial charge in [0.05, 0.1) is 0 Å². The number of amides is 1. The van der Waals surface area contributed by atoms with E-state index in [1.54, 1.807) is 0 Å². The third-order valence-electron chi connectivity index (χ3n) is 5.93. The summed E-state index contributed by atoms with van der Waals surface area (Å²) in [6.45, 7) is 9.49. The Morgan fingerprint density at radius 1 is 1.25 bits per heavy atom. The maximum absolute atomic E-state index is 12.8. The van der Waals surface area contributed by atoms with E-state index in [1.165, 1.54) is 24.0 Å². The quantitative estimate of drug-likeness (QED) is 0.900.